The standard InChI is InChI=1S/C24H32BBrO6/c1-22(2)14-9-17(22)24(5)18(10-14)31-25(32-24)11-13(12-26)15-7-8-16(28-6)19-20(15)29-23(3,4)30-21(19)27/h7-8,13-14,17-18H,9-12H2,1-6H3/t13?,14?,17?,18?,24-/m0/s1. The smallest absolute Gasteiger partial charge is 0.458 e. The summed E-state index contributed by atoms with van der Waals surface area (Å²) in [6, 6.07) is 3.78. The summed E-state index contributed by atoms with van der Waals surface area (Å²) in [6.07, 6.45) is 3.12. The van der Waals surface area contributed by atoms with E-state index in [0.717, 1.165) is 17.9 Å². The van der Waals surface area contributed by atoms with Gasteiger partial charge in [0.1, 0.15) is 17.1 Å². The minimum Gasteiger partial charge on any atom is -0.496 e. The van der Waals surface area contributed by atoms with E-state index in [-0.39, 0.29) is 24.7 Å². The first-order valence-corrected chi connectivity index (χ1v) is 12.6. The number of cyclic esters (lactones) is 1. The maximum atomic E-state index is 12.8. The lowest BCUT2D eigenvalue weighted by Gasteiger charge is -2.64. The van der Waals surface area contributed by atoms with E-state index in [1.165, 1.54) is 6.42 Å². The molecule has 1 aromatic carbocycles. The molecule has 6 rings (SSSR count). The van der Waals surface area contributed by atoms with Gasteiger partial charge in [-0.05, 0) is 60.9 Å². The van der Waals surface area contributed by atoms with Crippen LogP contribution in [0.3, 0.4) is 0 Å². The van der Waals surface area contributed by atoms with Crippen LogP contribution in [0.4, 0.5) is 0 Å². The second kappa shape index (κ2) is 7.38. The second-order valence-electron chi connectivity index (χ2n) is 10.9. The Bertz CT molecular complexity index is 949. The zero-order valence-corrected chi connectivity index (χ0v) is 21.3. The number of hydrogen-bond acceptors (Lipinski definition) is 6. The molecule has 174 valence electrons. The van der Waals surface area contributed by atoms with Crippen molar-refractivity contribution in [2.45, 2.75) is 77.2 Å². The van der Waals surface area contributed by atoms with Gasteiger partial charge in [-0.2, -0.15) is 0 Å². The quantitative estimate of drug-likeness (QED) is 0.311. The van der Waals surface area contributed by atoms with Crippen molar-refractivity contribution in [3.05, 3.63) is 23.3 Å². The van der Waals surface area contributed by atoms with E-state index in [0.29, 0.717) is 40.0 Å². The van der Waals surface area contributed by atoms with E-state index in [4.69, 9.17) is 23.5 Å². The summed E-state index contributed by atoms with van der Waals surface area (Å²) in [7, 11) is 1.25. The van der Waals surface area contributed by atoms with Crippen LogP contribution in [0, 0.1) is 17.3 Å². The van der Waals surface area contributed by atoms with E-state index in [9.17, 15) is 4.79 Å². The fraction of sp³-hybridized carbons (Fsp3) is 0.708. The van der Waals surface area contributed by atoms with Crippen molar-refractivity contribution in [3.8, 4) is 11.5 Å². The third kappa shape index (κ3) is 3.23. The number of carbonyl (C=O) groups excluding carboxylic acids is 1. The summed E-state index contributed by atoms with van der Waals surface area (Å²) in [5.74, 6) is 0.781. The number of rotatable bonds is 5. The average molecular weight is 507 g/mol. The van der Waals surface area contributed by atoms with Crippen molar-refractivity contribution >= 4 is 29.0 Å². The van der Waals surface area contributed by atoms with E-state index in [1.54, 1.807) is 21.0 Å². The van der Waals surface area contributed by atoms with E-state index in [2.05, 4.69) is 36.7 Å². The fourth-order valence-corrected chi connectivity index (χ4v) is 7.09. The first-order valence-electron chi connectivity index (χ1n) is 11.5. The van der Waals surface area contributed by atoms with Crippen LogP contribution < -0.4 is 9.47 Å². The SMILES string of the molecule is COc1ccc(C(CBr)CB2OC3CC4CC(C4(C)C)[C@]3(C)O2)c2c1C(=O)OC(C)(C)O2. The van der Waals surface area contributed by atoms with Gasteiger partial charge in [0.05, 0.1) is 18.8 Å². The number of benzene rings is 1. The summed E-state index contributed by atoms with van der Waals surface area (Å²) >= 11 is 3.68. The second-order valence-corrected chi connectivity index (χ2v) is 11.6. The maximum Gasteiger partial charge on any atom is 0.458 e. The lowest BCUT2D eigenvalue weighted by molar-refractivity contribution is -0.199. The van der Waals surface area contributed by atoms with Gasteiger partial charge in [0, 0.05) is 19.2 Å². The molecule has 6 nitrogen and oxygen atoms in total. The van der Waals surface area contributed by atoms with Crippen LogP contribution in [0.25, 0.3) is 0 Å². The molecule has 1 saturated heterocycles. The van der Waals surface area contributed by atoms with Gasteiger partial charge in [-0.3, -0.25) is 0 Å². The summed E-state index contributed by atoms with van der Waals surface area (Å²) in [6.45, 7) is 10.4. The number of hydrogen-bond donors (Lipinski definition) is 0. The molecule has 0 aromatic heterocycles. The minimum atomic E-state index is -1.04. The largest absolute Gasteiger partial charge is 0.496 e. The molecule has 2 bridgehead atoms. The van der Waals surface area contributed by atoms with Gasteiger partial charge < -0.3 is 23.5 Å². The zero-order chi connectivity index (χ0) is 23.1. The number of fused-ring (bicyclic) bond motifs is 1. The molecule has 4 unspecified atom stereocenters. The van der Waals surface area contributed by atoms with Gasteiger partial charge >= 0.3 is 13.1 Å². The third-order valence-corrected chi connectivity index (χ3v) is 9.15. The first kappa shape index (κ1) is 22.5. The van der Waals surface area contributed by atoms with Crippen molar-refractivity contribution < 1.29 is 28.3 Å². The number of halogens is 1. The predicted molar refractivity (Wildman–Crippen MR) is 125 cm³/mol. The molecule has 4 fully saturated rings. The van der Waals surface area contributed by atoms with Crippen LogP contribution in [-0.2, 0) is 14.0 Å². The van der Waals surface area contributed by atoms with Crippen molar-refractivity contribution in [1.29, 1.82) is 0 Å². The number of alkyl halides is 1. The van der Waals surface area contributed by atoms with Gasteiger partial charge in [-0.1, -0.05) is 35.8 Å². The molecular weight excluding hydrogens is 475 g/mol. The molecule has 3 saturated carbocycles. The van der Waals surface area contributed by atoms with Crippen LogP contribution in [0.5, 0.6) is 11.5 Å². The summed E-state index contributed by atoms with van der Waals surface area (Å²) in [4.78, 5) is 12.8. The van der Waals surface area contributed by atoms with Crippen molar-refractivity contribution in [2.75, 3.05) is 12.4 Å². The molecular formula is C24H32BBrO6. The summed E-state index contributed by atoms with van der Waals surface area (Å²) in [5.41, 5.74) is 1.35. The van der Waals surface area contributed by atoms with Gasteiger partial charge in [0.2, 0.25) is 5.79 Å². The normalized spacial score (nSPS) is 34.5. The maximum absolute atomic E-state index is 12.8. The highest BCUT2D eigenvalue weighted by Crippen LogP contribution is 2.66. The highest BCUT2D eigenvalue weighted by atomic mass is 79.9. The third-order valence-electron chi connectivity index (χ3n) is 8.37. The van der Waals surface area contributed by atoms with Crippen molar-refractivity contribution in [1.82, 2.24) is 0 Å². The predicted octanol–water partition coefficient (Wildman–Crippen LogP) is 5.19. The van der Waals surface area contributed by atoms with E-state index < -0.39 is 11.8 Å². The molecule has 5 atom stereocenters. The Morgan fingerprint density at radius 2 is 1.94 bits per heavy atom. The Hall–Kier alpha value is -1.25. The van der Waals surface area contributed by atoms with Crippen LogP contribution >= 0.6 is 15.9 Å². The molecule has 0 N–H and O–H groups in total. The highest BCUT2D eigenvalue weighted by Gasteiger charge is 2.67. The number of carbonyl (C=O) groups is 1. The molecule has 2 heterocycles. The van der Waals surface area contributed by atoms with Gasteiger partial charge in [-0.25, -0.2) is 4.79 Å². The summed E-state index contributed by atoms with van der Waals surface area (Å²) in [5, 5.41) is 0.687. The topological polar surface area (TPSA) is 63.2 Å². The molecule has 0 amide bonds. The molecule has 32 heavy (non-hydrogen) atoms. The Kier molecular flexibility index (Phi) is 5.20. The van der Waals surface area contributed by atoms with Crippen LogP contribution in [0.15, 0.2) is 12.1 Å². The Morgan fingerprint density at radius 3 is 2.59 bits per heavy atom. The van der Waals surface area contributed by atoms with Gasteiger partial charge in [0.25, 0.3) is 0 Å². The van der Waals surface area contributed by atoms with E-state index in [1.807, 2.05) is 12.1 Å². The summed E-state index contributed by atoms with van der Waals surface area (Å²) < 4.78 is 30.1. The molecule has 2 aliphatic heterocycles. The zero-order valence-electron chi connectivity index (χ0n) is 19.7. The molecule has 1 aromatic rings. The molecule has 8 heteroatoms. The van der Waals surface area contributed by atoms with Crippen LogP contribution in [0.2, 0.25) is 6.32 Å². The average Bonchev–Trinajstić information content (AvgIpc) is 3.05. The first-order chi connectivity index (χ1) is 15.0. The van der Waals surface area contributed by atoms with Crippen molar-refractivity contribution in [2.24, 2.45) is 17.3 Å². The van der Waals surface area contributed by atoms with Gasteiger partial charge in [-0.15, -0.1) is 0 Å². The Balaban J connectivity index is 1.42. The Morgan fingerprint density at radius 1 is 1.19 bits per heavy atom. The monoisotopic (exact) mass is 506 g/mol. The minimum absolute atomic E-state index is 0.0353. The highest BCUT2D eigenvalue weighted by molar-refractivity contribution is 9.09. The Labute approximate surface area is 198 Å². The number of ether oxygens (including phenoxy) is 3. The number of methoxy groups -OCH3 is 1. The lowest BCUT2D eigenvalue weighted by Crippen LogP contribution is -2.65. The van der Waals surface area contributed by atoms with Crippen LogP contribution in [0.1, 0.15) is 69.3 Å². The molecule has 5 aliphatic rings. The lowest BCUT2D eigenvalue weighted by atomic mass is 9.43. The van der Waals surface area contributed by atoms with Crippen molar-refractivity contribution in [3.63, 3.8) is 0 Å². The fourth-order valence-electron chi connectivity index (χ4n) is 6.47. The molecule has 0 spiro atoms. The van der Waals surface area contributed by atoms with Gasteiger partial charge in [0.15, 0.2) is 0 Å². The van der Waals surface area contributed by atoms with E-state index >= 15 is 0 Å². The number of esters is 1. The molecule has 3 aliphatic carbocycles. The van der Waals surface area contributed by atoms with Crippen LogP contribution in [-0.4, -0.2) is 43.0 Å². The molecule has 0 radical (unpaired) electrons.